The Balaban J connectivity index is 1.82. The Labute approximate surface area is 170 Å². The van der Waals surface area contributed by atoms with Gasteiger partial charge in [-0.15, -0.1) is 13.2 Å². The third kappa shape index (κ3) is 5.09. The minimum absolute atomic E-state index is 0.0581. The van der Waals surface area contributed by atoms with E-state index in [4.69, 9.17) is 0 Å². The summed E-state index contributed by atoms with van der Waals surface area (Å²) < 4.78 is 69.8. The second-order valence-corrected chi connectivity index (χ2v) is 6.77. The third-order valence-electron chi connectivity index (χ3n) is 4.75. The summed E-state index contributed by atoms with van der Waals surface area (Å²) in [5, 5.41) is 12.2. The highest BCUT2D eigenvalue weighted by Crippen LogP contribution is 2.36. The standard InChI is InChI=1S/C23H18F5O2/c1-2-14-3-8-16(9-4-14)21-20(29)13-19(24)18(22(21)25)12-7-15-5-10-17(11-6-15)30-23(26,27)28/h3-6,8-11,13H,2,7,12H2,1H3. The number of hydrogen-bond acceptors (Lipinski definition) is 1. The van der Waals surface area contributed by atoms with Gasteiger partial charge in [-0.25, -0.2) is 8.78 Å². The van der Waals surface area contributed by atoms with E-state index in [-0.39, 0.29) is 29.7 Å². The van der Waals surface area contributed by atoms with Gasteiger partial charge in [0.05, 0.1) is 5.56 Å². The van der Waals surface area contributed by atoms with Crippen molar-refractivity contribution in [3.63, 3.8) is 0 Å². The lowest BCUT2D eigenvalue weighted by Crippen LogP contribution is -2.17. The van der Waals surface area contributed by atoms with Crippen LogP contribution in [0.4, 0.5) is 22.0 Å². The molecule has 0 unspecified atom stereocenters. The van der Waals surface area contributed by atoms with Gasteiger partial charge < -0.3 is 4.74 Å². The predicted molar refractivity (Wildman–Crippen MR) is 102 cm³/mol. The molecule has 0 amide bonds. The molecule has 0 aliphatic rings. The zero-order valence-corrected chi connectivity index (χ0v) is 16.0. The van der Waals surface area contributed by atoms with Gasteiger partial charge in [0.25, 0.3) is 0 Å². The molecule has 0 heterocycles. The number of hydrogen-bond donors (Lipinski definition) is 0. The first-order chi connectivity index (χ1) is 14.2. The Bertz CT molecular complexity index is 1010. The Morgan fingerprint density at radius 1 is 0.867 bits per heavy atom. The van der Waals surface area contributed by atoms with Gasteiger partial charge in [-0.2, -0.15) is 0 Å². The number of rotatable bonds is 6. The second-order valence-electron chi connectivity index (χ2n) is 6.77. The minimum Gasteiger partial charge on any atom is -0.406 e. The molecule has 3 aromatic carbocycles. The average Bonchev–Trinajstić information content (AvgIpc) is 2.68. The molecule has 157 valence electrons. The van der Waals surface area contributed by atoms with Gasteiger partial charge >= 0.3 is 6.36 Å². The van der Waals surface area contributed by atoms with E-state index < -0.39 is 23.7 Å². The fourth-order valence-electron chi connectivity index (χ4n) is 3.17. The van der Waals surface area contributed by atoms with Crippen molar-refractivity contribution >= 4 is 0 Å². The fourth-order valence-corrected chi connectivity index (χ4v) is 3.17. The van der Waals surface area contributed by atoms with Crippen LogP contribution in [0, 0.1) is 11.6 Å². The summed E-state index contributed by atoms with van der Waals surface area (Å²) in [6, 6.07) is 12.6. The second kappa shape index (κ2) is 8.73. The van der Waals surface area contributed by atoms with E-state index in [0.29, 0.717) is 11.1 Å². The van der Waals surface area contributed by atoms with Gasteiger partial charge in [-0.1, -0.05) is 43.3 Å². The largest absolute Gasteiger partial charge is 0.573 e. The maximum absolute atomic E-state index is 15.0. The lowest BCUT2D eigenvalue weighted by molar-refractivity contribution is -0.274. The summed E-state index contributed by atoms with van der Waals surface area (Å²) >= 11 is 0. The molecule has 0 aliphatic heterocycles. The van der Waals surface area contributed by atoms with E-state index in [0.717, 1.165) is 30.2 Å². The molecule has 0 N–H and O–H groups in total. The van der Waals surface area contributed by atoms with E-state index in [1.807, 2.05) is 6.92 Å². The third-order valence-corrected chi connectivity index (χ3v) is 4.75. The zero-order chi connectivity index (χ0) is 21.9. The van der Waals surface area contributed by atoms with Crippen LogP contribution in [0.5, 0.6) is 11.5 Å². The highest BCUT2D eigenvalue weighted by atomic mass is 19.4. The van der Waals surface area contributed by atoms with Crippen LogP contribution in [0.2, 0.25) is 0 Å². The van der Waals surface area contributed by atoms with E-state index in [1.165, 1.54) is 12.1 Å². The first-order valence-electron chi connectivity index (χ1n) is 9.30. The first kappa shape index (κ1) is 21.6. The Hall–Kier alpha value is -3.09. The molecule has 0 bridgehead atoms. The molecule has 3 aromatic rings. The SMILES string of the molecule is CCc1ccc(-c2c([O])cc(F)c(CCc3ccc(OC(F)(F)F)cc3)c2F)cc1. The lowest BCUT2D eigenvalue weighted by atomic mass is 9.96. The highest BCUT2D eigenvalue weighted by Gasteiger charge is 2.31. The Morgan fingerprint density at radius 2 is 1.47 bits per heavy atom. The Morgan fingerprint density at radius 3 is 2.03 bits per heavy atom. The quantitative estimate of drug-likeness (QED) is 0.393. The molecule has 1 radical (unpaired) electrons. The van der Waals surface area contributed by atoms with Crippen LogP contribution >= 0.6 is 0 Å². The molecule has 0 saturated heterocycles. The normalized spacial score (nSPS) is 11.5. The highest BCUT2D eigenvalue weighted by molar-refractivity contribution is 5.72. The monoisotopic (exact) mass is 421 g/mol. The van der Waals surface area contributed by atoms with Crippen molar-refractivity contribution in [3.8, 4) is 22.6 Å². The molecule has 0 atom stereocenters. The number of ether oxygens (including phenoxy) is 1. The molecule has 0 aliphatic carbocycles. The summed E-state index contributed by atoms with van der Waals surface area (Å²) in [6.07, 6.45) is -3.89. The molecule has 0 saturated carbocycles. The smallest absolute Gasteiger partial charge is 0.406 e. The molecule has 0 spiro atoms. The summed E-state index contributed by atoms with van der Waals surface area (Å²) in [6.45, 7) is 1.96. The lowest BCUT2D eigenvalue weighted by Gasteiger charge is -2.12. The van der Waals surface area contributed by atoms with Gasteiger partial charge in [0, 0.05) is 11.6 Å². The predicted octanol–water partition coefficient (Wildman–Crippen LogP) is 7.02. The van der Waals surface area contributed by atoms with E-state index in [1.54, 1.807) is 24.3 Å². The van der Waals surface area contributed by atoms with Crippen molar-refractivity contribution in [1.29, 1.82) is 0 Å². The van der Waals surface area contributed by atoms with Crippen molar-refractivity contribution in [2.24, 2.45) is 0 Å². The molecule has 0 aromatic heterocycles. The van der Waals surface area contributed by atoms with Crippen LogP contribution in [-0.2, 0) is 24.4 Å². The topological polar surface area (TPSA) is 29.1 Å². The maximum Gasteiger partial charge on any atom is 0.573 e. The fraction of sp³-hybridized carbons (Fsp3) is 0.217. The Kier molecular flexibility index (Phi) is 6.29. The molecule has 0 fully saturated rings. The van der Waals surface area contributed by atoms with Crippen LogP contribution in [0.25, 0.3) is 11.1 Å². The van der Waals surface area contributed by atoms with Crippen LogP contribution < -0.4 is 4.74 Å². The molecule has 2 nitrogen and oxygen atoms in total. The molecule has 30 heavy (non-hydrogen) atoms. The van der Waals surface area contributed by atoms with Gasteiger partial charge in [0.2, 0.25) is 0 Å². The summed E-state index contributed by atoms with van der Waals surface area (Å²) in [5.74, 6) is -2.98. The van der Waals surface area contributed by atoms with Crippen molar-refractivity contribution in [3.05, 3.63) is 82.9 Å². The minimum atomic E-state index is -4.79. The van der Waals surface area contributed by atoms with E-state index >= 15 is 4.39 Å². The summed E-state index contributed by atoms with van der Waals surface area (Å²) in [7, 11) is 0. The number of benzene rings is 3. The van der Waals surface area contributed by atoms with Gasteiger partial charge in [0.1, 0.15) is 17.4 Å². The molecular weight excluding hydrogens is 403 g/mol. The van der Waals surface area contributed by atoms with Crippen LogP contribution in [0.3, 0.4) is 0 Å². The summed E-state index contributed by atoms with van der Waals surface area (Å²) in [5.41, 5.74) is 1.53. The van der Waals surface area contributed by atoms with Crippen molar-refractivity contribution in [1.82, 2.24) is 0 Å². The van der Waals surface area contributed by atoms with Crippen molar-refractivity contribution in [2.45, 2.75) is 32.5 Å². The average molecular weight is 421 g/mol. The molecular formula is C23H18F5O2. The van der Waals surface area contributed by atoms with Crippen LogP contribution in [0.15, 0.2) is 54.6 Å². The van der Waals surface area contributed by atoms with Crippen LogP contribution in [-0.4, -0.2) is 6.36 Å². The molecule has 3 rings (SSSR count). The summed E-state index contributed by atoms with van der Waals surface area (Å²) in [4.78, 5) is 0. The van der Waals surface area contributed by atoms with Gasteiger partial charge in [-0.3, -0.25) is 5.11 Å². The first-order valence-corrected chi connectivity index (χ1v) is 9.30. The zero-order valence-electron chi connectivity index (χ0n) is 16.0. The van der Waals surface area contributed by atoms with E-state index in [9.17, 15) is 22.7 Å². The number of alkyl halides is 3. The van der Waals surface area contributed by atoms with Crippen molar-refractivity contribution in [2.75, 3.05) is 0 Å². The number of aryl methyl sites for hydroxylation is 2. The van der Waals surface area contributed by atoms with Gasteiger partial charge in [-0.05, 0) is 48.1 Å². The van der Waals surface area contributed by atoms with Crippen LogP contribution in [0.1, 0.15) is 23.6 Å². The molecule has 7 heteroatoms. The van der Waals surface area contributed by atoms with E-state index in [2.05, 4.69) is 4.74 Å². The van der Waals surface area contributed by atoms with Crippen molar-refractivity contribution < 1.29 is 31.8 Å². The van der Waals surface area contributed by atoms with Gasteiger partial charge in [0.15, 0.2) is 5.75 Å². The maximum atomic E-state index is 15.0. The number of halogens is 5.